The summed E-state index contributed by atoms with van der Waals surface area (Å²) in [7, 11) is -3.83. The molecule has 0 radical (unpaired) electrons. The predicted molar refractivity (Wildman–Crippen MR) is 125 cm³/mol. The van der Waals surface area contributed by atoms with E-state index in [9.17, 15) is 22.4 Å². The molecular formula is C23H21ClFN3O4S. The molecule has 0 saturated carbocycles. The van der Waals surface area contributed by atoms with Crippen molar-refractivity contribution in [3.63, 3.8) is 0 Å². The zero-order valence-electron chi connectivity index (χ0n) is 17.6. The zero-order chi connectivity index (χ0) is 24.0. The molecule has 0 fully saturated rings. The molecule has 3 aromatic rings. The molecule has 7 nitrogen and oxygen atoms in total. The number of aryl methyl sites for hydroxylation is 1. The Bertz CT molecular complexity index is 1260. The van der Waals surface area contributed by atoms with Gasteiger partial charge in [0.2, 0.25) is 0 Å². The van der Waals surface area contributed by atoms with E-state index in [2.05, 4.69) is 15.4 Å². The van der Waals surface area contributed by atoms with Crippen LogP contribution in [0.15, 0.2) is 71.6 Å². The minimum atomic E-state index is -3.83. The maximum Gasteiger partial charge on any atom is 0.261 e. The van der Waals surface area contributed by atoms with Crippen LogP contribution in [0.3, 0.4) is 0 Å². The van der Waals surface area contributed by atoms with Gasteiger partial charge in [0.1, 0.15) is 5.82 Å². The number of hydrogen-bond donors (Lipinski definition) is 3. The van der Waals surface area contributed by atoms with Crippen molar-refractivity contribution < 1.29 is 22.4 Å². The van der Waals surface area contributed by atoms with Crippen molar-refractivity contribution in [2.75, 3.05) is 17.8 Å². The Morgan fingerprint density at radius 1 is 0.848 bits per heavy atom. The SMILES string of the molecule is Cc1ccc(C(=O)NCCNC(=O)c2ccc(S(=O)(=O)Nc3ccc(Cl)cc3)cc2)cc1F. The molecule has 3 aromatic carbocycles. The summed E-state index contributed by atoms with van der Waals surface area (Å²) in [4.78, 5) is 24.3. The van der Waals surface area contributed by atoms with Gasteiger partial charge in [-0.1, -0.05) is 17.7 Å². The van der Waals surface area contributed by atoms with Crippen LogP contribution >= 0.6 is 11.6 Å². The van der Waals surface area contributed by atoms with E-state index in [0.717, 1.165) is 6.07 Å². The third kappa shape index (κ3) is 6.53. The second kappa shape index (κ2) is 10.5. The Hall–Kier alpha value is -3.43. The van der Waals surface area contributed by atoms with E-state index >= 15 is 0 Å². The molecule has 0 aliphatic carbocycles. The fourth-order valence-electron chi connectivity index (χ4n) is 2.81. The van der Waals surface area contributed by atoms with Gasteiger partial charge in [0.15, 0.2) is 0 Å². The number of hydrogen-bond acceptors (Lipinski definition) is 4. The van der Waals surface area contributed by atoms with Crippen LogP contribution in [0.2, 0.25) is 5.02 Å². The topological polar surface area (TPSA) is 104 Å². The lowest BCUT2D eigenvalue weighted by Gasteiger charge is -2.10. The maximum atomic E-state index is 13.6. The van der Waals surface area contributed by atoms with Crippen LogP contribution in [-0.2, 0) is 10.0 Å². The number of carbonyl (C=O) groups excluding carboxylic acids is 2. The lowest BCUT2D eigenvalue weighted by atomic mass is 10.1. The van der Waals surface area contributed by atoms with Gasteiger partial charge in [-0.3, -0.25) is 14.3 Å². The monoisotopic (exact) mass is 489 g/mol. The van der Waals surface area contributed by atoms with Gasteiger partial charge in [-0.25, -0.2) is 12.8 Å². The van der Waals surface area contributed by atoms with Gasteiger partial charge < -0.3 is 10.6 Å². The summed E-state index contributed by atoms with van der Waals surface area (Å²) in [6, 6.07) is 15.8. The largest absolute Gasteiger partial charge is 0.350 e. The molecule has 3 rings (SSSR count). The minimum absolute atomic E-state index is 0.00778. The fourth-order valence-corrected chi connectivity index (χ4v) is 3.99. The standard InChI is InChI=1S/C23H21ClFN3O4S/c1-15-2-3-17(14-21(15)25)23(30)27-13-12-26-22(29)16-4-10-20(11-5-16)33(31,32)28-19-8-6-18(24)7-9-19/h2-11,14,28H,12-13H2,1H3,(H,26,29)(H,27,30). The Labute approximate surface area is 196 Å². The van der Waals surface area contributed by atoms with E-state index in [1.807, 2.05) is 0 Å². The van der Waals surface area contributed by atoms with Crippen molar-refractivity contribution in [3.8, 4) is 0 Å². The highest BCUT2D eigenvalue weighted by atomic mass is 35.5. The highest BCUT2D eigenvalue weighted by Gasteiger charge is 2.15. The molecule has 0 aromatic heterocycles. The number of nitrogens with one attached hydrogen (secondary N) is 3. The molecule has 0 spiro atoms. The highest BCUT2D eigenvalue weighted by molar-refractivity contribution is 7.92. The molecule has 0 heterocycles. The van der Waals surface area contributed by atoms with Crippen molar-refractivity contribution in [2.45, 2.75) is 11.8 Å². The normalized spacial score (nSPS) is 11.0. The molecule has 0 bridgehead atoms. The fraction of sp³-hybridized carbons (Fsp3) is 0.130. The molecular weight excluding hydrogens is 469 g/mol. The number of carbonyl (C=O) groups is 2. The third-order valence-electron chi connectivity index (χ3n) is 4.65. The van der Waals surface area contributed by atoms with E-state index in [0.29, 0.717) is 16.3 Å². The van der Waals surface area contributed by atoms with E-state index in [4.69, 9.17) is 11.6 Å². The zero-order valence-corrected chi connectivity index (χ0v) is 19.1. The lowest BCUT2D eigenvalue weighted by molar-refractivity contribution is 0.0927. The minimum Gasteiger partial charge on any atom is -0.350 e. The second-order valence-corrected chi connectivity index (χ2v) is 9.23. The van der Waals surface area contributed by atoms with Gasteiger partial charge in [-0.2, -0.15) is 0 Å². The van der Waals surface area contributed by atoms with E-state index < -0.39 is 27.7 Å². The molecule has 0 saturated heterocycles. The van der Waals surface area contributed by atoms with Crippen LogP contribution in [-0.4, -0.2) is 33.3 Å². The maximum absolute atomic E-state index is 13.6. The first-order valence-electron chi connectivity index (χ1n) is 9.87. The Balaban J connectivity index is 1.51. The van der Waals surface area contributed by atoms with Gasteiger partial charge in [0.25, 0.3) is 21.8 Å². The van der Waals surface area contributed by atoms with Crippen LogP contribution < -0.4 is 15.4 Å². The highest BCUT2D eigenvalue weighted by Crippen LogP contribution is 2.19. The second-order valence-electron chi connectivity index (χ2n) is 7.11. The molecule has 0 unspecified atom stereocenters. The summed E-state index contributed by atoms with van der Waals surface area (Å²) >= 11 is 5.80. The number of rotatable bonds is 8. The van der Waals surface area contributed by atoms with Crippen molar-refractivity contribution in [3.05, 3.63) is 94.3 Å². The Kier molecular flexibility index (Phi) is 7.67. The molecule has 172 valence electrons. The van der Waals surface area contributed by atoms with Crippen LogP contribution in [0, 0.1) is 12.7 Å². The van der Waals surface area contributed by atoms with Crippen molar-refractivity contribution in [1.29, 1.82) is 0 Å². The quantitative estimate of drug-likeness (QED) is 0.419. The number of amides is 2. The third-order valence-corrected chi connectivity index (χ3v) is 6.30. The summed E-state index contributed by atoms with van der Waals surface area (Å²) < 4.78 is 41.0. The first-order valence-corrected chi connectivity index (χ1v) is 11.7. The molecule has 2 amide bonds. The van der Waals surface area contributed by atoms with Crippen LogP contribution in [0.1, 0.15) is 26.3 Å². The number of benzene rings is 3. The van der Waals surface area contributed by atoms with Gasteiger partial charge >= 0.3 is 0 Å². The predicted octanol–water partition coefficient (Wildman–Crippen LogP) is 3.75. The van der Waals surface area contributed by atoms with Gasteiger partial charge in [-0.15, -0.1) is 0 Å². The molecule has 10 heteroatoms. The summed E-state index contributed by atoms with van der Waals surface area (Å²) in [5.41, 5.74) is 1.25. The van der Waals surface area contributed by atoms with Crippen molar-refractivity contribution in [2.24, 2.45) is 0 Å². The molecule has 0 aliphatic rings. The lowest BCUT2D eigenvalue weighted by Crippen LogP contribution is -2.34. The average molecular weight is 490 g/mol. The van der Waals surface area contributed by atoms with Crippen LogP contribution in [0.4, 0.5) is 10.1 Å². The summed E-state index contributed by atoms with van der Waals surface area (Å²) in [6.45, 7) is 1.87. The van der Waals surface area contributed by atoms with Gasteiger partial charge in [0.05, 0.1) is 4.90 Å². The Morgan fingerprint density at radius 3 is 1.97 bits per heavy atom. The summed E-state index contributed by atoms with van der Waals surface area (Å²) in [5.74, 6) is -1.35. The van der Waals surface area contributed by atoms with Crippen LogP contribution in [0.25, 0.3) is 0 Å². The smallest absolute Gasteiger partial charge is 0.261 e. The molecule has 3 N–H and O–H groups in total. The van der Waals surface area contributed by atoms with Gasteiger partial charge in [-0.05, 0) is 73.2 Å². The van der Waals surface area contributed by atoms with E-state index in [-0.39, 0.29) is 29.1 Å². The Morgan fingerprint density at radius 2 is 1.39 bits per heavy atom. The average Bonchev–Trinajstić information content (AvgIpc) is 2.79. The summed E-state index contributed by atoms with van der Waals surface area (Å²) in [6.07, 6.45) is 0. The van der Waals surface area contributed by atoms with Crippen LogP contribution in [0.5, 0.6) is 0 Å². The number of anilines is 1. The number of halogens is 2. The summed E-state index contributed by atoms with van der Waals surface area (Å²) in [5, 5.41) is 5.70. The molecule has 0 atom stereocenters. The van der Waals surface area contributed by atoms with Crippen molar-refractivity contribution >= 4 is 39.1 Å². The molecule has 33 heavy (non-hydrogen) atoms. The van der Waals surface area contributed by atoms with Crippen molar-refractivity contribution in [1.82, 2.24) is 10.6 Å². The van der Waals surface area contributed by atoms with E-state index in [1.165, 1.54) is 48.5 Å². The number of sulfonamides is 1. The first kappa shape index (κ1) is 24.2. The molecule has 0 aliphatic heterocycles. The first-order chi connectivity index (χ1) is 15.7. The van der Waals surface area contributed by atoms with E-state index in [1.54, 1.807) is 19.1 Å². The van der Waals surface area contributed by atoms with Gasteiger partial charge in [0, 0.05) is 34.9 Å².